The maximum Gasteiger partial charge on any atom is 0.211 e. The van der Waals surface area contributed by atoms with Crippen molar-refractivity contribution in [1.29, 1.82) is 0 Å². The summed E-state index contributed by atoms with van der Waals surface area (Å²) in [6.45, 7) is 5.97. The Morgan fingerprint density at radius 2 is 2.00 bits per heavy atom. The minimum absolute atomic E-state index is 0.0157. The van der Waals surface area contributed by atoms with Gasteiger partial charge in [-0.3, -0.25) is 0 Å². The van der Waals surface area contributed by atoms with Crippen LogP contribution in [-0.2, 0) is 16.4 Å². The van der Waals surface area contributed by atoms with Crippen LogP contribution in [0.1, 0.15) is 44.5 Å². The topological polar surface area (TPSA) is 73.2 Å². The van der Waals surface area contributed by atoms with Gasteiger partial charge in [0.25, 0.3) is 0 Å². The maximum atomic E-state index is 12.1. The Morgan fingerprint density at radius 3 is 2.60 bits per heavy atom. The van der Waals surface area contributed by atoms with Crippen molar-refractivity contribution in [3.05, 3.63) is 41.7 Å². The minimum Gasteiger partial charge on any atom is -0.497 e. The molecule has 1 heterocycles. The second-order valence-electron chi connectivity index (χ2n) is 7.28. The van der Waals surface area contributed by atoms with Gasteiger partial charge in [-0.05, 0) is 49.4 Å². The number of hydrogen-bond acceptors (Lipinski definition) is 4. The van der Waals surface area contributed by atoms with Gasteiger partial charge in [-0.25, -0.2) is 17.8 Å². The molecule has 7 heteroatoms. The summed E-state index contributed by atoms with van der Waals surface area (Å²) < 4.78 is 34.1. The van der Waals surface area contributed by atoms with Gasteiger partial charge in [0, 0.05) is 11.3 Å². The summed E-state index contributed by atoms with van der Waals surface area (Å²) in [5, 5.41) is 4.54. The fraction of sp³-hybridized carbons (Fsp3) is 0.500. The molecule has 1 aliphatic carbocycles. The molecule has 1 aromatic heterocycles. The van der Waals surface area contributed by atoms with Crippen LogP contribution in [0.25, 0.3) is 5.69 Å². The lowest BCUT2D eigenvalue weighted by Gasteiger charge is -2.35. The van der Waals surface area contributed by atoms with Crippen molar-refractivity contribution < 1.29 is 13.2 Å². The number of rotatable bonds is 5. The summed E-state index contributed by atoms with van der Waals surface area (Å²) in [7, 11) is -1.64. The highest BCUT2D eigenvalue weighted by atomic mass is 32.2. The highest BCUT2D eigenvalue weighted by molar-refractivity contribution is 7.89. The number of nitrogens with zero attached hydrogens (tertiary/aromatic N) is 2. The number of sulfonamides is 1. The van der Waals surface area contributed by atoms with Crippen LogP contribution < -0.4 is 9.46 Å². The standard InChI is InChI=1S/C18H25N3O3S/c1-5-25(22,23)20-16-10-18(2,3)11-17-15(16)12-19-21(17)13-6-8-14(24-4)9-7-13/h6-9,12,16,20H,5,10-11H2,1-4H3. The van der Waals surface area contributed by atoms with E-state index in [1.807, 2.05) is 28.9 Å². The summed E-state index contributed by atoms with van der Waals surface area (Å²) in [6.07, 6.45) is 3.39. The van der Waals surface area contributed by atoms with E-state index in [1.54, 1.807) is 20.2 Å². The molecule has 6 nitrogen and oxygen atoms in total. The Hall–Kier alpha value is -1.86. The Bertz CT molecular complexity index is 854. The van der Waals surface area contributed by atoms with Gasteiger partial charge in [-0.1, -0.05) is 13.8 Å². The lowest BCUT2D eigenvalue weighted by atomic mass is 9.74. The smallest absolute Gasteiger partial charge is 0.211 e. The first-order chi connectivity index (χ1) is 11.7. The average molecular weight is 363 g/mol. The third-order valence-corrected chi connectivity index (χ3v) is 6.10. The first-order valence-corrected chi connectivity index (χ1v) is 10.1. The average Bonchev–Trinajstić information content (AvgIpc) is 2.97. The lowest BCUT2D eigenvalue weighted by molar-refractivity contribution is 0.269. The van der Waals surface area contributed by atoms with Gasteiger partial charge in [0.15, 0.2) is 0 Å². The van der Waals surface area contributed by atoms with Crippen LogP contribution in [0.3, 0.4) is 0 Å². The third-order valence-electron chi connectivity index (χ3n) is 4.70. The summed E-state index contributed by atoms with van der Waals surface area (Å²) >= 11 is 0. The van der Waals surface area contributed by atoms with Crippen molar-refractivity contribution in [1.82, 2.24) is 14.5 Å². The van der Waals surface area contributed by atoms with E-state index < -0.39 is 10.0 Å². The van der Waals surface area contributed by atoms with Crippen LogP contribution in [0.2, 0.25) is 0 Å². The fourth-order valence-electron chi connectivity index (χ4n) is 3.39. The highest BCUT2D eigenvalue weighted by Gasteiger charge is 2.36. The van der Waals surface area contributed by atoms with Crippen LogP contribution in [-0.4, -0.2) is 31.1 Å². The molecule has 1 aromatic carbocycles. The first-order valence-electron chi connectivity index (χ1n) is 8.46. The highest BCUT2D eigenvalue weighted by Crippen LogP contribution is 2.41. The SMILES string of the molecule is CCS(=O)(=O)NC1CC(C)(C)Cc2c1cnn2-c1ccc(OC)cc1. The van der Waals surface area contributed by atoms with E-state index in [4.69, 9.17) is 4.74 Å². The molecule has 2 aromatic rings. The number of aromatic nitrogens is 2. The number of ether oxygens (including phenoxy) is 1. The van der Waals surface area contributed by atoms with Gasteiger partial charge >= 0.3 is 0 Å². The van der Waals surface area contributed by atoms with Crippen molar-refractivity contribution in [2.45, 2.75) is 39.7 Å². The summed E-state index contributed by atoms with van der Waals surface area (Å²) in [5.74, 6) is 0.866. The van der Waals surface area contributed by atoms with Crippen molar-refractivity contribution in [3.63, 3.8) is 0 Å². The molecular weight excluding hydrogens is 338 g/mol. The fourth-order valence-corrected chi connectivity index (χ4v) is 4.20. The molecule has 0 saturated heterocycles. The van der Waals surface area contributed by atoms with Crippen LogP contribution >= 0.6 is 0 Å². The molecule has 0 spiro atoms. The summed E-state index contributed by atoms with van der Waals surface area (Å²) in [6, 6.07) is 7.47. The zero-order chi connectivity index (χ0) is 18.2. The second kappa shape index (κ2) is 6.46. The van der Waals surface area contributed by atoms with Crippen molar-refractivity contribution in [2.75, 3.05) is 12.9 Å². The van der Waals surface area contributed by atoms with E-state index in [-0.39, 0.29) is 17.2 Å². The molecule has 0 amide bonds. The van der Waals surface area contributed by atoms with E-state index in [2.05, 4.69) is 23.7 Å². The lowest BCUT2D eigenvalue weighted by Crippen LogP contribution is -2.37. The molecule has 0 radical (unpaired) electrons. The minimum atomic E-state index is -3.28. The predicted molar refractivity (Wildman–Crippen MR) is 97.6 cm³/mol. The molecule has 1 unspecified atom stereocenters. The Kier molecular flexibility index (Phi) is 4.64. The van der Waals surface area contributed by atoms with Gasteiger partial charge in [-0.2, -0.15) is 5.10 Å². The summed E-state index contributed by atoms with van der Waals surface area (Å²) in [4.78, 5) is 0. The van der Waals surface area contributed by atoms with Crippen LogP contribution in [0.5, 0.6) is 5.75 Å². The molecule has 3 rings (SSSR count). The predicted octanol–water partition coefficient (Wildman–Crippen LogP) is 2.83. The number of methoxy groups -OCH3 is 1. The van der Waals surface area contributed by atoms with Gasteiger partial charge in [0.05, 0.1) is 30.8 Å². The molecule has 0 saturated carbocycles. The van der Waals surface area contributed by atoms with Gasteiger partial charge in [-0.15, -0.1) is 0 Å². The zero-order valence-electron chi connectivity index (χ0n) is 15.1. The van der Waals surface area contributed by atoms with Crippen LogP contribution in [0.4, 0.5) is 0 Å². The van der Waals surface area contributed by atoms with Gasteiger partial charge in [0.2, 0.25) is 10.0 Å². The second-order valence-corrected chi connectivity index (χ2v) is 9.32. The molecule has 0 fully saturated rings. The van der Waals surface area contributed by atoms with Crippen LogP contribution in [0.15, 0.2) is 30.5 Å². The van der Waals surface area contributed by atoms with E-state index in [0.717, 1.165) is 35.5 Å². The summed E-state index contributed by atoms with van der Waals surface area (Å²) in [5.41, 5.74) is 2.95. The maximum absolute atomic E-state index is 12.1. The van der Waals surface area contributed by atoms with E-state index in [1.165, 1.54) is 0 Å². The number of hydrogen-bond donors (Lipinski definition) is 1. The number of benzene rings is 1. The first kappa shape index (κ1) is 17.9. The molecule has 136 valence electrons. The molecular formula is C18H25N3O3S. The Labute approximate surface area is 149 Å². The van der Waals surface area contributed by atoms with E-state index >= 15 is 0 Å². The number of fused-ring (bicyclic) bond motifs is 1. The molecule has 1 atom stereocenters. The van der Waals surface area contributed by atoms with E-state index in [9.17, 15) is 8.42 Å². The third kappa shape index (κ3) is 3.72. The Balaban J connectivity index is 2.02. The largest absolute Gasteiger partial charge is 0.497 e. The van der Waals surface area contributed by atoms with E-state index in [0.29, 0.717) is 0 Å². The Morgan fingerprint density at radius 1 is 1.32 bits per heavy atom. The van der Waals surface area contributed by atoms with Crippen LogP contribution in [0, 0.1) is 5.41 Å². The molecule has 0 aliphatic heterocycles. The van der Waals surface area contributed by atoms with Gasteiger partial charge in [0.1, 0.15) is 5.75 Å². The van der Waals surface area contributed by atoms with Gasteiger partial charge < -0.3 is 4.74 Å². The quantitative estimate of drug-likeness (QED) is 0.886. The molecule has 25 heavy (non-hydrogen) atoms. The zero-order valence-corrected chi connectivity index (χ0v) is 15.9. The van der Waals surface area contributed by atoms with Crippen molar-refractivity contribution in [2.24, 2.45) is 5.41 Å². The molecule has 1 aliphatic rings. The monoisotopic (exact) mass is 363 g/mol. The van der Waals surface area contributed by atoms with Crippen molar-refractivity contribution >= 4 is 10.0 Å². The molecule has 1 N–H and O–H groups in total. The number of nitrogens with one attached hydrogen (secondary N) is 1. The van der Waals surface area contributed by atoms with Crippen molar-refractivity contribution in [3.8, 4) is 11.4 Å². The molecule has 0 bridgehead atoms. The normalized spacial score (nSPS) is 19.4.